The van der Waals surface area contributed by atoms with Crippen LogP contribution in [0.3, 0.4) is 0 Å². The third kappa shape index (κ3) is 3.90. The quantitative estimate of drug-likeness (QED) is 0.793. The minimum absolute atomic E-state index is 0.0320. The fourth-order valence-electron chi connectivity index (χ4n) is 1.66. The first kappa shape index (κ1) is 14.9. The van der Waals surface area contributed by atoms with Crippen molar-refractivity contribution in [1.82, 2.24) is 14.9 Å². The van der Waals surface area contributed by atoms with Gasteiger partial charge in [0, 0.05) is 26.5 Å². The van der Waals surface area contributed by atoms with Crippen molar-refractivity contribution in [2.75, 3.05) is 25.5 Å². The van der Waals surface area contributed by atoms with Gasteiger partial charge in [-0.05, 0) is 12.5 Å². The molecule has 0 aromatic carbocycles. The van der Waals surface area contributed by atoms with E-state index < -0.39 is 12.0 Å². The summed E-state index contributed by atoms with van der Waals surface area (Å²) in [5.74, 6) is -0.867. The smallest absolute Gasteiger partial charge is 0.326 e. The van der Waals surface area contributed by atoms with Crippen LogP contribution in [0.25, 0.3) is 0 Å². The Hall–Kier alpha value is -2.18. The van der Waals surface area contributed by atoms with E-state index in [2.05, 4.69) is 9.97 Å². The predicted molar refractivity (Wildman–Crippen MR) is 69.8 cm³/mol. The second kappa shape index (κ2) is 6.67. The number of aliphatic carboxylic acids is 1. The van der Waals surface area contributed by atoms with E-state index in [0.29, 0.717) is 12.4 Å². The third-order valence-corrected chi connectivity index (χ3v) is 2.80. The van der Waals surface area contributed by atoms with E-state index in [9.17, 15) is 9.59 Å². The highest BCUT2D eigenvalue weighted by atomic mass is 16.4. The molecule has 19 heavy (non-hydrogen) atoms. The molecule has 1 heterocycles. The van der Waals surface area contributed by atoms with Crippen LogP contribution in [0.1, 0.15) is 13.3 Å². The number of amides is 1. The van der Waals surface area contributed by atoms with Crippen LogP contribution in [0.2, 0.25) is 0 Å². The number of nitrogens with zero attached hydrogens (tertiary/aromatic N) is 4. The van der Waals surface area contributed by atoms with Gasteiger partial charge in [-0.2, -0.15) is 0 Å². The molecule has 1 atom stereocenters. The first-order valence-electron chi connectivity index (χ1n) is 5.94. The maximum atomic E-state index is 12.0. The number of aromatic nitrogens is 2. The molecule has 0 radical (unpaired) electrons. The summed E-state index contributed by atoms with van der Waals surface area (Å²) in [4.78, 5) is 33.8. The molecule has 0 bridgehead atoms. The number of carbonyl (C=O) groups is 2. The van der Waals surface area contributed by atoms with Crippen LogP contribution in [0, 0.1) is 0 Å². The summed E-state index contributed by atoms with van der Waals surface area (Å²) < 4.78 is 0. The van der Waals surface area contributed by atoms with Gasteiger partial charge in [-0.15, -0.1) is 0 Å². The number of anilines is 1. The Kier molecular flexibility index (Phi) is 5.23. The summed E-state index contributed by atoms with van der Waals surface area (Å²) in [5, 5.41) is 9.01. The van der Waals surface area contributed by atoms with Crippen LogP contribution < -0.4 is 4.90 Å². The lowest BCUT2D eigenvalue weighted by Gasteiger charge is -2.26. The van der Waals surface area contributed by atoms with Crippen LogP contribution in [-0.4, -0.2) is 58.5 Å². The molecule has 0 saturated heterocycles. The van der Waals surface area contributed by atoms with Gasteiger partial charge in [-0.1, -0.05) is 6.92 Å². The highest BCUT2D eigenvalue weighted by Crippen LogP contribution is 2.06. The summed E-state index contributed by atoms with van der Waals surface area (Å²) >= 11 is 0. The molecular formula is C12H18N4O3. The maximum Gasteiger partial charge on any atom is 0.326 e. The zero-order chi connectivity index (χ0) is 14.4. The number of carboxylic acids is 1. The Morgan fingerprint density at radius 3 is 2.37 bits per heavy atom. The van der Waals surface area contributed by atoms with Gasteiger partial charge in [0.1, 0.15) is 6.04 Å². The molecule has 7 heteroatoms. The fraction of sp³-hybridized carbons (Fsp3) is 0.500. The summed E-state index contributed by atoms with van der Waals surface area (Å²) in [6.45, 7) is 1.76. The molecule has 1 unspecified atom stereocenters. The minimum atomic E-state index is -1.00. The van der Waals surface area contributed by atoms with Crippen molar-refractivity contribution in [2.45, 2.75) is 19.4 Å². The molecule has 0 aliphatic heterocycles. The van der Waals surface area contributed by atoms with Gasteiger partial charge >= 0.3 is 5.97 Å². The molecule has 1 N–H and O–H groups in total. The lowest BCUT2D eigenvalue weighted by molar-refractivity contribution is -0.148. The number of hydrogen-bond acceptors (Lipinski definition) is 5. The summed E-state index contributed by atoms with van der Waals surface area (Å²) in [5.41, 5.74) is 0. The van der Waals surface area contributed by atoms with E-state index >= 15 is 0 Å². The van der Waals surface area contributed by atoms with Crippen LogP contribution in [0.15, 0.2) is 18.5 Å². The van der Waals surface area contributed by atoms with Crippen LogP contribution in [0.4, 0.5) is 5.95 Å². The van der Waals surface area contributed by atoms with Crippen molar-refractivity contribution in [3.8, 4) is 0 Å². The van der Waals surface area contributed by atoms with Gasteiger partial charge in [0.2, 0.25) is 11.9 Å². The van der Waals surface area contributed by atoms with Crippen LogP contribution >= 0.6 is 0 Å². The first-order valence-corrected chi connectivity index (χ1v) is 5.94. The second-order valence-electron chi connectivity index (χ2n) is 4.17. The summed E-state index contributed by atoms with van der Waals surface area (Å²) in [7, 11) is 3.17. The molecule has 0 aliphatic rings. The van der Waals surface area contributed by atoms with Crippen molar-refractivity contribution < 1.29 is 14.7 Å². The number of likely N-dealkylation sites (N-methyl/N-ethyl adjacent to an activating group) is 2. The van der Waals surface area contributed by atoms with E-state index in [1.807, 2.05) is 0 Å². The van der Waals surface area contributed by atoms with Gasteiger partial charge in [0.15, 0.2) is 0 Å². The Labute approximate surface area is 111 Å². The first-order chi connectivity index (χ1) is 8.97. The molecule has 104 valence electrons. The van der Waals surface area contributed by atoms with Gasteiger partial charge in [-0.25, -0.2) is 14.8 Å². The molecule has 0 fully saturated rings. The molecule has 1 aromatic heterocycles. The molecule has 1 aromatic rings. The van der Waals surface area contributed by atoms with Gasteiger partial charge in [-0.3, -0.25) is 4.79 Å². The molecule has 0 saturated carbocycles. The molecule has 0 aliphatic carbocycles. The lowest BCUT2D eigenvalue weighted by atomic mass is 10.2. The second-order valence-corrected chi connectivity index (χ2v) is 4.17. The van der Waals surface area contributed by atoms with Crippen molar-refractivity contribution >= 4 is 17.8 Å². The largest absolute Gasteiger partial charge is 0.480 e. The van der Waals surface area contributed by atoms with E-state index in [0.717, 1.165) is 0 Å². The van der Waals surface area contributed by atoms with Crippen molar-refractivity contribution in [1.29, 1.82) is 0 Å². The average molecular weight is 266 g/mol. The van der Waals surface area contributed by atoms with Gasteiger partial charge < -0.3 is 14.9 Å². The SMILES string of the molecule is CCC(C(=O)O)N(C)C(=O)CN(C)c1ncccn1. The molecular weight excluding hydrogens is 248 g/mol. The van der Waals surface area contributed by atoms with Crippen LogP contribution in [0.5, 0.6) is 0 Å². The Morgan fingerprint density at radius 2 is 1.89 bits per heavy atom. The maximum absolute atomic E-state index is 12.0. The number of carboxylic acid groups (broad SMARTS) is 1. The summed E-state index contributed by atoms with van der Waals surface area (Å²) in [6.07, 6.45) is 3.53. The predicted octanol–water partition coefficient (Wildman–Crippen LogP) is 0.234. The Bertz CT molecular complexity index is 438. The zero-order valence-corrected chi connectivity index (χ0v) is 11.3. The lowest BCUT2D eigenvalue weighted by Crippen LogP contribution is -2.46. The van der Waals surface area contributed by atoms with Gasteiger partial charge in [0.25, 0.3) is 0 Å². The topological polar surface area (TPSA) is 86.6 Å². The standard InChI is InChI=1S/C12H18N4O3/c1-4-9(11(18)19)16(3)10(17)8-15(2)12-13-6-5-7-14-12/h5-7,9H,4,8H2,1-3H3,(H,18,19). The Balaban J connectivity index is 2.66. The molecule has 1 rings (SSSR count). The third-order valence-electron chi connectivity index (χ3n) is 2.80. The minimum Gasteiger partial charge on any atom is -0.480 e. The van der Waals surface area contributed by atoms with E-state index in [-0.39, 0.29) is 12.5 Å². The van der Waals surface area contributed by atoms with Crippen molar-refractivity contribution in [3.63, 3.8) is 0 Å². The monoisotopic (exact) mass is 266 g/mol. The normalized spacial score (nSPS) is 11.7. The van der Waals surface area contributed by atoms with E-state index in [1.54, 1.807) is 37.3 Å². The fourth-order valence-corrected chi connectivity index (χ4v) is 1.66. The summed E-state index contributed by atoms with van der Waals surface area (Å²) in [6, 6.07) is 0.876. The Morgan fingerprint density at radius 1 is 1.32 bits per heavy atom. The molecule has 1 amide bonds. The van der Waals surface area contributed by atoms with Gasteiger partial charge in [0.05, 0.1) is 6.54 Å². The van der Waals surface area contributed by atoms with E-state index in [4.69, 9.17) is 5.11 Å². The highest BCUT2D eigenvalue weighted by Gasteiger charge is 2.25. The molecule has 0 spiro atoms. The highest BCUT2D eigenvalue weighted by molar-refractivity contribution is 5.86. The molecule has 7 nitrogen and oxygen atoms in total. The number of rotatable bonds is 6. The van der Waals surface area contributed by atoms with Crippen molar-refractivity contribution in [2.24, 2.45) is 0 Å². The number of hydrogen-bond donors (Lipinski definition) is 1. The average Bonchev–Trinajstić information content (AvgIpc) is 2.39. The zero-order valence-electron chi connectivity index (χ0n) is 11.3. The number of carbonyl (C=O) groups excluding carboxylic acids is 1. The van der Waals surface area contributed by atoms with Crippen LogP contribution in [-0.2, 0) is 9.59 Å². The van der Waals surface area contributed by atoms with Crippen molar-refractivity contribution in [3.05, 3.63) is 18.5 Å². The van der Waals surface area contributed by atoms with E-state index in [1.165, 1.54) is 11.9 Å².